The number of halogens is 2. The van der Waals surface area contributed by atoms with Gasteiger partial charge in [-0.3, -0.25) is 0 Å². The SMILES string of the molecule is Cc1nc(CCNCc2ccc(Br)c(F)c2)cs1. The Morgan fingerprint density at radius 3 is 2.94 bits per heavy atom. The lowest BCUT2D eigenvalue weighted by Gasteiger charge is -2.04. The second-order valence-electron chi connectivity index (χ2n) is 4.03. The summed E-state index contributed by atoms with van der Waals surface area (Å²) in [5, 5.41) is 6.47. The fourth-order valence-corrected chi connectivity index (χ4v) is 2.52. The van der Waals surface area contributed by atoms with Gasteiger partial charge >= 0.3 is 0 Å². The molecule has 0 spiro atoms. The number of hydrogen-bond acceptors (Lipinski definition) is 3. The highest BCUT2D eigenvalue weighted by Gasteiger charge is 2.01. The van der Waals surface area contributed by atoms with E-state index in [2.05, 4.69) is 31.6 Å². The molecule has 1 aromatic heterocycles. The molecule has 0 saturated carbocycles. The van der Waals surface area contributed by atoms with Crippen LogP contribution in [0.1, 0.15) is 16.3 Å². The Labute approximate surface area is 118 Å². The quantitative estimate of drug-likeness (QED) is 0.847. The van der Waals surface area contributed by atoms with E-state index < -0.39 is 0 Å². The minimum absolute atomic E-state index is 0.218. The molecule has 0 aliphatic heterocycles. The summed E-state index contributed by atoms with van der Waals surface area (Å²) < 4.78 is 13.8. The molecule has 0 amide bonds. The first-order chi connectivity index (χ1) is 8.65. The maximum atomic E-state index is 13.3. The van der Waals surface area contributed by atoms with E-state index in [9.17, 15) is 4.39 Å². The fourth-order valence-electron chi connectivity index (χ4n) is 1.62. The first kappa shape index (κ1) is 13.6. The normalized spacial score (nSPS) is 10.8. The minimum Gasteiger partial charge on any atom is -0.312 e. The Morgan fingerprint density at radius 2 is 2.28 bits per heavy atom. The van der Waals surface area contributed by atoms with Gasteiger partial charge in [-0.2, -0.15) is 0 Å². The molecule has 1 aromatic carbocycles. The Kier molecular flexibility index (Phi) is 4.86. The van der Waals surface area contributed by atoms with Crippen molar-refractivity contribution in [3.05, 3.63) is 50.1 Å². The molecule has 0 bridgehead atoms. The topological polar surface area (TPSA) is 24.9 Å². The van der Waals surface area contributed by atoms with E-state index in [4.69, 9.17) is 0 Å². The first-order valence-electron chi connectivity index (χ1n) is 5.71. The van der Waals surface area contributed by atoms with Gasteiger partial charge in [0.15, 0.2) is 0 Å². The fraction of sp³-hybridized carbons (Fsp3) is 0.308. The zero-order valence-electron chi connectivity index (χ0n) is 10.0. The minimum atomic E-state index is -0.218. The summed E-state index contributed by atoms with van der Waals surface area (Å²) >= 11 is 4.81. The van der Waals surface area contributed by atoms with Crippen molar-refractivity contribution in [3.63, 3.8) is 0 Å². The third-order valence-corrected chi connectivity index (χ3v) is 4.00. The molecule has 0 aliphatic rings. The predicted molar refractivity (Wildman–Crippen MR) is 76.4 cm³/mol. The number of benzene rings is 1. The number of aromatic nitrogens is 1. The third kappa shape index (κ3) is 3.86. The summed E-state index contributed by atoms with van der Waals surface area (Å²) in [6, 6.07) is 5.19. The van der Waals surface area contributed by atoms with Gasteiger partial charge in [0, 0.05) is 24.9 Å². The Morgan fingerprint density at radius 1 is 1.44 bits per heavy atom. The molecule has 1 heterocycles. The van der Waals surface area contributed by atoms with Crippen LogP contribution in [0.3, 0.4) is 0 Å². The average Bonchev–Trinajstić information content (AvgIpc) is 2.75. The van der Waals surface area contributed by atoms with Crippen LogP contribution in [0.4, 0.5) is 4.39 Å². The standard InChI is InChI=1S/C13H14BrFN2S/c1-9-17-11(8-18-9)4-5-16-7-10-2-3-12(14)13(15)6-10/h2-3,6,8,16H,4-5,7H2,1H3. The highest BCUT2D eigenvalue weighted by Crippen LogP contribution is 2.16. The van der Waals surface area contributed by atoms with Crippen molar-refractivity contribution in [3.8, 4) is 0 Å². The van der Waals surface area contributed by atoms with Gasteiger partial charge in [-0.25, -0.2) is 9.37 Å². The van der Waals surface area contributed by atoms with Gasteiger partial charge in [-0.05, 0) is 40.5 Å². The summed E-state index contributed by atoms with van der Waals surface area (Å²) in [5.41, 5.74) is 2.07. The van der Waals surface area contributed by atoms with E-state index >= 15 is 0 Å². The monoisotopic (exact) mass is 328 g/mol. The average molecular weight is 329 g/mol. The van der Waals surface area contributed by atoms with Crippen LogP contribution in [-0.2, 0) is 13.0 Å². The van der Waals surface area contributed by atoms with Crippen molar-refractivity contribution in [2.24, 2.45) is 0 Å². The molecule has 96 valence electrons. The van der Waals surface area contributed by atoms with Crippen LogP contribution in [0.15, 0.2) is 28.1 Å². The Bertz CT molecular complexity index is 527. The molecule has 0 aliphatic carbocycles. The molecule has 0 unspecified atom stereocenters. The van der Waals surface area contributed by atoms with E-state index in [-0.39, 0.29) is 5.82 Å². The molecule has 2 aromatic rings. The van der Waals surface area contributed by atoms with E-state index in [0.29, 0.717) is 11.0 Å². The lowest BCUT2D eigenvalue weighted by Crippen LogP contribution is -2.16. The van der Waals surface area contributed by atoms with Crippen molar-refractivity contribution in [2.75, 3.05) is 6.54 Å². The number of nitrogens with zero attached hydrogens (tertiary/aromatic N) is 1. The van der Waals surface area contributed by atoms with Crippen LogP contribution in [0.5, 0.6) is 0 Å². The Balaban J connectivity index is 1.76. The maximum Gasteiger partial charge on any atom is 0.137 e. The second-order valence-corrected chi connectivity index (χ2v) is 5.95. The maximum absolute atomic E-state index is 13.3. The zero-order valence-corrected chi connectivity index (χ0v) is 12.4. The van der Waals surface area contributed by atoms with Gasteiger partial charge in [-0.15, -0.1) is 11.3 Å². The van der Waals surface area contributed by atoms with E-state index in [0.717, 1.165) is 29.2 Å². The highest BCUT2D eigenvalue weighted by atomic mass is 79.9. The molecule has 18 heavy (non-hydrogen) atoms. The van der Waals surface area contributed by atoms with Crippen LogP contribution in [0.25, 0.3) is 0 Å². The predicted octanol–water partition coefficient (Wildman–Crippen LogP) is 3.69. The largest absolute Gasteiger partial charge is 0.312 e. The number of aryl methyl sites for hydroxylation is 1. The van der Waals surface area contributed by atoms with Crippen molar-refractivity contribution in [2.45, 2.75) is 19.9 Å². The van der Waals surface area contributed by atoms with Crippen LogP contribution in [0.2, 0.25) is 0 Å². The van der Waals surface area contributed by atoms with E-state index in [1.807, 2.05) is 13.0 Å². The van der Waals surface area contributed by atoms with E-state index in [1.165, 1.54) is 0 Å². The van der Waals surface area contributed by atoms with Crippen LogP contribution >= 0.6 is 27.3 Å². The van der Waals surface area contributed by atoms with Gasteiger partial charge in [0.1, 0.15) is 5.82 Å². The summed E-state index contributed by atoms with van der Waals surface area (Å²) in [6.07, 6.45) is 0.906. The summed E-state index contributed by atoms with van der Waals surface area (Å²) in [4.78, 5) is 4.39. The first-order valence-corrected chi connectivity index (χ1v) is 7.38. The van der Waals surface area contributed by atoms with Gasteiger partial charge in [0.25, 0.3) is 0 Å². The van der Waals surface area contributed by atoms with Crippen molar-refractivity contribution in [1.29, 1.82) is 0 Å². The zero-order chi connectivity index (χ0) is 13.0. The number of thiazole rings is 1. The van der Waals surface area contributed by atoms with Crippen molar-refractivity contribution >= 4 is 27.3 Å². The van der Waals surface area contributed by atoms with Crippen LogP contribution in [-0.4, -0.2) is 11.5 Å². The van der Waals surface area contributed by atoms with Gasteiger partial charge in [0.2, 0.25) is 0 Å². The summed E-state index contributed by atoms with van der Waals surface area (Å²) in [7, 11) is 0. The lowest BCUT2D eigenvalue weighted by atomic mass is 10.2. The number of rotatable bonds is 5. The van der Waals surface area contributed by atoms with E-state index in [1.54, 1.807) is 23.5 Å². The van der Waals surface area contributed by atoms with Crippen molar-refractivity contribution < 1.29 is 4.39 Å². The molecule has 0 saturated heterocycles. The smallest absolute Gasteiger partial charge is 0.137 e. The number of nitrogens with one attached hydrogen (secondary N) is 1. The van der Waals surface area contributed by atoms with Crippen molar-refractivity contribution in [1.82, 2.24) is 10.3 Å². The molecule has 0 fully saturated rings. The highest BCUT2D eigenvalue weighted by molar-refractivity contribution is 9.10. The molecule has 0 atom stereocenters. The Hall–Kier alpha value is -0.780. The molecular weight excluding hydrogens is 315 g/mol. The molecule has 1 N–H and O–H groups in total. The van der Waals surface area contributed by atoms with Gasteiger partial charge in [-0.1, -0.05) is 6.07 Å². The summed E-state index contributed by atoms with van der Waals surface area (Å²) in [6.45, 7) is 3.53. The summed E-state index contributed by atoms with van der Waals surface area (Å²) in [5.74, 6) is -0.218. The van der Waals surface area contributed by atoms with Crippen LogP contribution in [0, 0.1) is 12.7 Å². The molecule has 5 heteroatoms. The lowest BCUT2D eigenvalue weighted by molar-refractivity contribution is 0.613. The number of hydrogen-bond donors (Lipinski definition) is 1. The van der Waals surface area contributed by atoms with Crippen LogP contribution < -0.4 is 5.32 Å². The molecule has 0 radical (unpaired) electrons. The third-order valence-electron chi connectivity index (χ3n) is 2.54. The van der Waals surface area contributed by atoms with Gasteiger partial charge < -0.3 is 5.32 Å². The second kappa shape index (κ2) is 6.41. The molecule has 2 rings (SSSR count). The molecule has 2 nitrogen and oxygen atoms in total. The molecular formula is C13H14BrFN2S. The van der Waals surface area contributed by atoms with Gasteiger partial charge in [0.05, 0.1) is 15.2 Å².